The SMILES string of the molecule is CC(C)NC(=O)C[NH+](C)CC(=O)Nc1ccccc1C(=O)c1ccccc1. The van der Waals surface area contributed by atoms with E-state index in [2.05, 4.69) is 10.6 Å². The first-order chi connectivity index (χ1) is 12.9. The Morgan fingerprint density at radius 3 is 2.15 bits per heavy atom. The number of hydrogen-bond donors (Lipinski definition) is 3. The summed E-state index contributed by atoms with van der Waals surface area (Å²) in [4.78, 5) is 37.6. The summed E-state index contributed by atoms with van der Waals surface area (Å²) in [5.74, 6) is -0.503. The van der Waals surface area contributed by atoms with Crippen LogP contribution in [0.5, 0.6) is 0 Å². The highest BCUT2D eigenvalue weighted by atomic mass is 16.2. The number of ketones is 1. The summed E-state index contributed by atoms with van der Waals surface area (Å²) in [5.41, 5.74) is 1.47. The minimum Gasteiger partial charge on any atom is -0.349 e. The summed E-state index contributed by atoms with van der Waals surface area (Å²) < 4.78 is 0. The molecule has 142 valence electrons. The van der Waals surface area contributed by atoms with Crippen LogP contribution in [-0.4, -0.2) is 43.8 Å². The van der Waals surface area contributed by atoms with Crippen molar-refractivity contribution in [2.45, 2.75) is 19.9 Å². The summed E-state index contributed by atoms with van der Waals surface area (Å²) in [6, 6.07) is 15.9. The first-order valence-electron chi connectivity index (χ1n) is 8.96. The van der Waals surface area contributed by atoms with E-state index in [0.29, 0.717) is 16.8 Å². The average Bonchev–Trinajstić information content (AvgIpc) is 2.61. The summed E-state index contributed by atoms with van der Waals surface area (Å²) in [7, 11) is 1.78. The van der Waals surface area contributed by atoms with Crippen LogP contribution in [0.3, 0.4) is 0 Å². The normalized spacial score (nSPS) is 11.7. The Morgan fingerprint density at radius 1 is 0.889 bits per heavy atom. The van der Waals surface area contributed by atoms with Crippen molar-refractivity contribution in [3.63, 3.8) is 0 Å². The number of para-hydroxylation sites is 1. The van der Waals surface area contributed by atoms with Gasteiger partial charge in [0.2, 0.25) is 0 Å². The second kappa shape index (κ2) is 9.64. The summed E-state index contributed by atoms with van der Waals surface area (Å²) in [6.45, 7) is 4.11. The van der Waals surface area contributed by atoms with Gasteiger partial charge in [-0.3, -0.25) is 14.4 Å². The fourth-order valence-electron chi connectivity index (χ4n) is 2.71. The number of carbonyl (C=O) groups excluding carboxylic acids is 3. The van der Waals surface area contributed by atoms with Crippen LogP contribution in [0.25, 0.3) is 0 Å². The third-order valence-electron chi connectivity index (χ3n) is 3.86. The van der Waals surface area contributed by atoms with Gasteiger partial charge in [-0.15, -0.1) is 0 Å². The molecule has 6 heteroatoms. The Kier molecular flexibility index (Phi) is 7.25. The smallest absolute Gasteiger partial charge is 0.279 e. The van der Waals surface area contributed by atoms with Crippen molar-refractivity contribution in [2.75, 3.05) is 25.5 Å². The summed E-state index contributed by atoms with van der Waals surface area (Å²) >= 11 is 0. The lowest BCUT2D eigenvalue weighted by molar-refractivity contribution is -0.862. The molecule has 27 heavy (non-hydrogen) atoms. The van der Waals surface area contributed by atoms with Crippen LogP contribution < -0.4 is 15.5 Å². The monoisotopic (exact) mass is 368 g/mol. The first kappa shape index (κ1) is 20.3. The Balaban J connectivity index is 2.02. The Morgan fingerprint density at radius 2 is 1.48 bits per heavy atom. The first-order valence-corrected chi connectivity index (χ1v) is 8.96. The van der Waals surface area contributed by atoms with Crippen molar-refractivity contribution in [1.82, 2.24) is 5.32 Å². The van der Waals surface area contributed by atoms with Gasteiger partial charge in [0.05, 0.1) is 12.7 Å². The molecule has 0 saturated heterocycles. The van der Waals surface area contributed by atoms with Crippen LogP contribution in [0, 0.1) is 0 Å². The molecule has 2 rings (SSSR count). The lowest BCUT2D eigenvalue weighted by Gasteiger charge is -2.15. The summed E-state index contributed by atoms with van der Waals surface area (Å²) in [6.07, 6.45) is 0. The minimum atomic E-state index is -0.252. The van der Waals surface area contributed by atoms with Gasteiger partial charge in [0.15, 0.2) is 18.9 Å². The van der Waals surface area contributed by atoms with E-state index in [1.54, 1.807) is 55.6 Å². The van der Waals surface area contributed by atoms with Gasteiger partial charge in [-0.2, -0.15) is 0 Å². The number of amides is 2. The molecule has 1 unspecified atom stereocenters. The van der Waals surface area contributed by atoms with Crippen LogP contribution >= 0.6 is 0 Å². The van der Waals surface area contributed by atoms with Gasteiger partial charge in [0.1, 0.15) is 0 Å². The molecule has 0 radical (unpaired) electrons. The van der Waals surface area contributed by atoms with Crippen LogP contribution in [0.15, 0.2) is 54.6 Å². The van der Waals surface area contributed by atoms with Gasteiger partial charge in [-0.1, -0.05) is 42.5 Å². The fourth-order valence-corrected chi connectivity index (χ4v) is 2.71. The highest BCUT2D eigenvalue weighted by Crippen LogP contribution is 2.19. The molecule has 0 spiro atoms. The van der Waals surface area contributed by atoms with Crippen LogP contribution in [-0.2, 0) is 9.59 Å². The van der Waals surface area contributed by atoms with Gasteiger partial charge >= 0.3 is 0 Å². The number of likely N-dealkylation sites (N-methyl/N-ethyl adjacent to an activating group) is 1. The molecular weight excluding hydrogens is 342 g/mol. The lowest BCUT2D eigenvalue weighted by atomic mass is 10.0. The average molecular weight is 368 g/mol. The predicted octanol–water partition coefficient (Wildman–Crippen LogP) is 0.895. The molecule has 0 saturated carbocycles. The zero-order valence-electron chi connectivity index (χ0n) is 15.9. The zero-order chi connectivity index (χ0) is 19.8. The number of rotatable bonds is 8. The maximum atomic E-state index is 12.7. The molecule has 2 amide bonds. The Labute approximate surface area is 159 Å². The number of quaternary nitrogens is 1. The lowest BCUT2D eigenvalue weighted by Crippen LogP contribution is -3.11. The molecule has 0 bridgehead atoms. The molecule has 2 aromatic rings. The van der Waals surface area contributed by atoms with Crippen LogP contribution in [0.1, 0.15) is 29.8 Å². The molecule has 0 heterocycles. The second-order valence-corrected chi connectivity index (χ2v) is 6.82. The van der Waals surface area contributed by atoms with Crippen molar-refractivity contribution in [1.29, 1.82) is 0 Å². The maximum absolute atomic E-state index is 12.7. The molecule has 0 aliphatic rings. The van der Waals surface area contributed by atoms with E-state index >= 15 is 0 Å². The number of anilines is 1. The second-order valence-electron chi connectivity index (χ2n) is 6.82. The van der Waals surface area contributed by atoms with Crippen molar-refractivity contribution >= 4 is 23.3 Å². The predicted molar refractivity (Wildman–Crippen MR) is 105 cm³/mol. The highest BCUT2D eigenvalue weighted by Gasteiger charge is 2.18. The molecule has 0 fully saturated rings. The van der Waals surface area contributed by atoms with E-state index in [9.17, 15) is 14.4 Å². The molecule has 3 N–H and O–H groups in total. The largest absolute Gasteiger partial charge is 0.349 e. The topological polar surface area (TPSA) is 79.7 Å². The van der Waals surface area contributed by atoms with Gasteiger partial charge in [0, 0.05) is 17.2 Å². The molecule has 6 nitrogen and oxygen atoms in total. The highest BCUT2D eigenvalue weighted by molar-refractivity contribution is 6.13. The van der Waals surface area contributed by atoms with Crippen molar-refractivity contribution in [3.05, 3.63) is 65.7 Å². The number of hydrogen-bond acceptors (Lipinski definition) is 3. The van der Waals surface area contributed by atoms with E-state index in [1.165, 1.54) is 0 Å². The molecular formula is C21H26N3O3+. The molecule has 0 aliphatic heterocycles. The molecule has 0 aromatic heterocycles. The minimum absolute atomic E-state index is 0.0648. The standard InChI is InChI=1S/C21H25N3O3/c1-15(2)22-19(25)13-24(3)14-20(26)23-18-12-8-7-11-17(18)21(27)16-9-5-4-6-10-16/h4-12,15H,13-14H2,1-3H3,(H,22,25)(H,23,26)/p+1. The Hall–Kier alpha value is -2.99. The van der Waals surface area contributed by atoms with E-state index in [0.717, 1.165) is 4.90 Å². The van der Waals surface area contributed by atoms with Crippen LogP contribution in [0.2, 0.25) is 0 Å². The maximum Gasteiger partial charge on any atom is 0.279 e. The number of nitrogens with one attached hydrogen (secondary N) is 3. The van der Waals surface area contributed by atoms with Crippen LogP contribution in [0.4, 0.5) is 5.69 Å². The van der Waals surface area contributed by atoms with E-state index < -0.39 is 0 Å². The van der Waals surface area contributed by atoms with E-state index in [-0.39, 0.29) is 36.7 Å². The molecule has 0 aliphatic carbocycles. The molecule has 2 aromatic carbocycles. The van der Waals surface area contributed by atoms with E-state index in [4.69, 9.17) is 0 Å². The number of benzene rings is 2. The van der Waals surface area contributed by atoms with Gasteiger partial charge in [0.25, 0.3) is 11.8 Å². The third-order valence-corrected chi connectivity index (χ3v) is 3.86. The number of carbonyl (C=O) groups is 3. The zero-order valence-corrected chi connectivity index (χ0v) is 15.9. The summed E-state index contributed by atoms with van der Waals surface area (Å²) in [5, 5.41) is 5.60. The van der Waals surface area contributed by atoms with E-state index in [1.807, 2.05) is 19.9 Å². The van der Waals surface area contributed by atoms with Gasteiger partial charge in [-0.05, 0) is 26.0 Å². The van der Waals surface area contributed by atoms with Crippen molar-refractivity contribution in [3.8, 4) is 0 Å². The van der Waals surface area contributed by atoms with Crippen molar-refractivity contribution < 1.29 is 19.3 Å². The van der Waals surface area contributed by atoms with Gasteiger partial charge in [-0.25, -0.2) is 0 Å². The molecule has 1 atom stereocenters. The third kappa shape index (κ3) is 6.34. The van der Waals surface area contributed by atoms with Gasteiger partial charge < -0.3 is 15.5 Å². The quantitative estimate of drug-likeness (QED) is 0.606. The Bertz CT molecular complexity index is 803. The fraction of sp³-hybridized carbons (Fsp3) is 0.286. The van der Waals surface area contributed by atoms with Crippen molar-refractivity contribution in [2.24, 2.45) is 0 Å².